The predicted octanol–water partition coefficient (Wildman–Crippen LogP) is 2.28. The van der Waals surface area contributed by atoms with Crippen molar-refractivity contribution in [1.82, 2.24) is 14.7 Å². The molecule has 1 spiro atoms. The van der Waals surface area contributed by atoms with Gasteiger partial charge in [-0.25, -0.2) is 4.79 Å². The molecule has 4 rings (SSSR count). The van der Waals surface area contributed by atoms with E-state index in [2.05, 4.69) is 16.7 Å². The smallest absolute Gasteiger partial charge is 0.409 e. The van der Waals surface area contributed by atoms with Crippen LogP contribution in [0.3, 0.4) is 0 Å². The number of carbonyl (C=O) groups excluding carboxylic acids is 2. The highest BCUT2D eigenvalue weighted by molar-refractivity contribution is 7.99. The zero-order valence-corrected chi connectivity index (χ0v) is 17.3. The summed E-state index contributed by atoms with van der Waals surface area (Å²) in [4.78, 5) is 31.2. The SMILES string of the molecule is CCOC(=O)N1CCN(C(=O)[C@H]2CC23CCN(C2CCSCC2)CC3)CC1. The van der Waals surface area contributed by atoms with Gasteiger partial charge in [-0.3, -0.25) is 4.79 Å². The fourth-order valence-corrected chi connectivity index (χ4v) is 6.26. The van der Waals surface area contributed by atoms with Crippen molar-refractivity contribution in [3.05, 3.63) is 0 Å². The number of nitrogens with zero attached hydrogens (tertiary/aromatic N) is 3. The molecule has 0 radical (unpaired) electrons. The van der Waals surface area contributed by atoms with Crippen LogP contribution in [-0.2, 0) is 9.53 Å². The van der Waals surface area contributed by atoms with Crippen LogP contribution in [0.1, 0.15) is 39.0 Å². The van der Waals surface area contributed by atoms with Crippen molar-refractivity contribution < 1.29 is 14.3 Å². The minimum atomic E-state index is -0.249. The van der Waals surface area contributed by atoms with E-state index in [1.165, 1.54) is 50.3 Å². The molecule has 7 heteroatoms. The monoisotopic (exact) mass is 395 g/mol. The van der Waals surface area contributed by atoms with Gasteiger partial charge in [0.25, 0.3) is 0 Å². The molecule has 0 unspecified atom stereocenters. The number of hydrogen-bond donors (Lipinski definition) is 0. The summed E-state index contributed by atoms with van der Waals surface area (Å²) >= 11 is 2.09. The Morgan fingerprint density at radius 1 is 1.00 bits per heavy atom. The Hall–Kier alpha value is -0.950. The van der Waals surface area contributed by atoms with Crippen LogP contribution >= 0.6 is 11.8 Å². The van der Waals surface area contributed by atoms with E-state index < -0.39 is 0 Å². The fraction of sp³-hybridized carbons (Fsp3) is 0.900. The molecular formula is C20H33N3O3S. The van der Waals surface area contributed by atoms with Crippen molar-refractivity contribution >= 4 is 23.8 Å². The van der Waals surface area contributed by atoms with Crippen molar-refractivity contribution in [2.75, 3.05) is 57.4 Å². The van der Waals surface area contributed by atoms with Crippen LogP contribution in [0.4, 0.5) is 4.79 Å². The molecule has 152 valence electrons. The van der Waals surface area contributed by atoms with Gasteiger partial charge in [0.05, 0.1) is 6.61 Å². The molecule has 6 nitrogen and oxygen atoms in total. The minimum Gasteiger partial charge on any atom is -0.450 e. The van der Waals surface area contributed by atoms with Crippen LogP contribution in [0, 0.1) is 11.3 Å². The number of ether oxygens (including phenoxy) is 1. The zero-order valence-electron chi connectivity index (χ0n) is 16.5. The summed E-state index contributed by atoms with van der Waals surface area (Å²) < 4.78 is 5.06. The highest BCUT2D eigenvalue weighted by Gasteiger charge is 2.59. The highest BCUT2D eigenvalue weighted by atomic mass is 32.2. The number of piperazine rings is 1. The van der Waals surface area contributed by atoms with Crippen LogP contribution < -0.4 is 0 Å². The standard InChI is InChI=1S/C20H33N3O3S/c1-2-26-19(25)23-11-9-22(10-12-23)18(24)17-15-20(17)5-7-21(8-6-20)16-3-13-27-14-4-16/h16-17H,2-15H2,1H3/t17-/m1/s1. The third kappa shape index (κ3) is 4.09. The van der Waals surface area contributed by atoms with Gasteiger partial charge in [-0.05, 0) is 69.0 Å². The molecular weight excluding hydrogens is 362 g/mol. The van der Waals surface area contributed by atoms with Crippen molar-refractivity contribution in [3.63, 3.8) is 0 Å². The molecule has 0 aromatic rings. The van der Waals surface area contributed by atoms with Gasteiger partial charge >= 0.3 is 6.09 Å². The van der Waals surface area contributed by atoms with Gasteiger partial charge in [0.2, 0.25) is 5.91 Å². The van der Waals surface area contributed by atoms with Crippen molar-refractivity contribution in [2.45, 2.75) is 45.1 Å². The topological polar surface area (TPSA) is 53.1 Å². The van der Waals surface area contributed by atoms with Gasteiger partial charge < -0.3 is 19.4 Å². The van der Waals surface area contributed by atoms with E-state index in [1.807, 2.05) is 11.8 Å². The average molecular weight is 396 g/mol. The zero-order chi connectivity index (χ0) is 18.9. The molecule has 3 aliphatic heterocycles. The summed E-state index contributed by atoms with van der Waals surface area (Å²) in [6.07, 6.45) is 5.89. The lowest BCUT2D eigenvalue weighted by Crippen LogP contribution is -2.51. The second-order valence-corrected chi connectivity index (χ2v) is 9.73. The van der Waals surface area contributed by atoms with E-state index in [-0.39, 0.29) is 17.4 Å². The van der Waals surface area contributed by atoms with Crippen LogP contribution in [0.25, 0.3) is 0 Å². The van der Waals surface area contributed by atoms with Crippen LogP contribution in [0.2, 0.25) is 0 Å². The fourth-order valence-electron chi connectivity index (χ4n) is 5.18. The molecule has 0 aromatic carbocycles. The maximum absolute atomic E-state index is 13.0. The Bertz CT molecular complexity index is 551. The summed E-state index contributed by atoms with van der Waals surface area (Å²) in [6, 6.07) is 0.785. The Morgan fingerprint density at radius 2 is 1.63 bits per heavy atom. The summed E-state index contributed by atoms with van der Waals surface area (Å²) in [6.45, 7) is 7.06. The average Bonchev–Trinajstić information content (AvgIpc) is 3.42. The number of thioether (sulfide) groups is 1. The van der Waals surface area contributed by atoms with E-state index in [4.69, 9.17) is 4.74 Å². The largest absolute Gasteiger partial charge is 0.450 e. The number of carbonyl (C=O) groups is 2. The molecule has 0 bridgehead atoms. The van der Waals surface area contributed by atoms with Gasteiger partial charge in [-0.1, -0.05) is 0 Å². The predicted molar refractivity (Wildman–Crippen MR) is 107 cm³/mol. The highest BCUT2D eigenvalue weighted by Crippen LogP contribution is 2.60. The van der Waals surface area contributed by atoms with Gasteiger partial charge in [-0.2, -0.15) is 11.8 Å². The first-order chi connectivity index (χ1) is 13.1. The third-order valence-corrected chi connectivity index (χ3v) is 8.15. The van der Waals surface area contributed by atoms with Crippen LogP contribution in [0.5, 0.6) is 0 Å². The first-order valence-electron chi connectivity index (χ1n) is 10.7. The molecule has 1 saturated carbocycles. The number of piperidine rings is 1. The maximum Gasteiger partial charge on any atom is 0.409 e. The summed E-state index contributed by atoms with van der Waals surface area (Å²) in [5.74, 6) is 3.19. The van der Waals surface area contributed by atoms with Crippen molar-refractivity contribution in [3.8, 4) is 0 Å². The molecule has 2 amide bonds. The molecule has 1 atom stereocenters. The molecule has 4 fully saturated rings. The Morgan fingerprint density at radius 3 is 2.26 bits per heavy atom. The Balaban J connectivity index is 1.23. The molecule has 1 aliphatic carbocycles. The minimum absolute atomic E-state index is 0.232. The van der Waals surface area contributed by atoms with Crippen LogP contribution in [0.15, 0.2) is 0 Å². The second-order valence-electron chi connectivity index (χ2n) is 8.51. The van der Waals surface area contributed by atoms with E-state index in [0.29, 0.717) is 38.7 Å². The lowest BCUT2D eigenvalue weighted by Gasteiger charge is -2.40. The second kappa shape index (κ2) is 8.19. The third-order valence-electron chi connectivity index (χ3n) is 7.11. The normalized spacial score (nSPS) is 29.0. The molecule has 27 heavy (non-hydrogen) atoms. The Labute approximate surface area is 166 Å². The van der Waals surface area contributed by atoms with Gasteiger partial charge in [-0.15, -0.1) is 0 Å². The lowest BCUT2D eigenvalue weighted by molar-refractivity contribution is -0.135. The first-order valence-corrected chi connectivity index (χ1v) is 11.8. The van der Waals surface area contributed by atoms with E-state index in [9.17, 15) is 9.59 Å². The van der Waals surface area contributed by atoms with Gasteiger partial charge in [0, 0.05) is 38.1 Å². The van der Waals surface area contributed by atoms with Gasteiger partial charge in [0.1, 0.15) is 0 Å². The lowest BCUT2D eigenvalue weighted by atomic mass is 9.89. The number of hydrogen-bond acceptors (Lipinski definition) is 5. The molecule has 0 aromatic heterocycles. The first kappa shape index (κ1) is 19.4. The summed E-state index contributed by atoms with van der Waals surface area (Å²) in [7, 11) is 0. The Kier molecular flexibility index (Phi) is 5.88. The molecule has 0 N–H and O–H groups in total. The van der Waals surface area contributed by atoms with Gasteiger partial charge in [0.15, 0.2) is 0 Å². The van der Waals surface area contributed by atoms with Crippen molar-refractivity contribution in [2.24, 2.45) is 11.3 Å². The van der Waals surface area contributed by atoms with E-state index in [1.54, 1.807) is 4.90 Å². The maximum atomic E-state index is 13.0. The number of rotatable bonds is 3. The molecule has 3 saturated heterocycles. The quantitative estimate of drug-likeness (QED) is 0.734. The number of likely N-dealkylation sites (tertiary alicyclic amines) is 1. The number of amides is 2. The summed E-state index contributed by atoms with van der Waals surface area (Å²) in [5.41, 5.74) is 0.287. The van der Waals surface area contributed by atoms with Crippen LogP contribution in [-0.4, -0.2) is 90.1 Å². The van der Waals surface area contributed by atoms with E-state index >= 15 is 0 Å². The molecule has 3 heterocycles. The van der Waals surface area contributed by atoms with Crippen molar-refractivity contribution in [1.29, 1.82) is 0 Å². The summed E-state index contributed by atoms with van der Waals surface area (Å²) in [5, 5.41) is 0. The molecule has 4 aliphatic rings. The van der Waals surface area contributed by atoms with E-state index in [0.717, 1.165) is 12.5 Å².